The van der Waals surface area contributed by atoms with Crippen LogP contribution in [0.2, 0.25) is 0 Å². The largest absolute Gasteiger partial charge is 0.497 e. The normalized spacial score (nSPS) is 21.9. The zero-order valence-electron chi connectivity index (χ0n) is 13.6. The Labute approximate surface area is 136 Å². The Kier molecular flexibility index (Phi) is 4.65. The molecule has 23 heavy (non-hydrogen) atoms. The molecule has 0 spiro atoms. The lowest BCUT2D eigenvalue weighted by Gasteiger charge is -2.27. The van der Waals surface area contributed by atoms with Gasteiger partial charge in [0.15, 0.2) is 11.6 Å². The molecule has 1 nitrogen and oxygen atoms in total. The van der Waals surface area contributed by atoms with Gasteiger partial charge in [-0.3, -0.25) is 0 Å². The van der Waals surface area contributed by atoms with E-state index in [9.17, 15) is 8.78 Å². The van der Waals surface area contributed by atoms with Crippen molar-refractivity contribution in [1.29, 1.82) is 0 Å². The molecular weight excluding hydrogens is 294 g/mol. The van der Waals surface area contributed by atoms with Crippen LogP contribution >= 0.6 is 0 Å². The summed E-state index contributed by atoms with van der Waals surface area (Å²) in [7, 11) is 1.52. The second-order valence-corrected chi connectivity index (χ2v) is 6.32. The lowest BCUT2D eigenvalue weighted by molar-refractivity contribution is 0.364. The molecule has 2 aromatic carbocycles. The maximum Gasteiger partial charge on any atom is 0.167 e. The zero-order valence-corrected chi connectivity index (χ0v) is 13.6. The van der Waals surface area contributed by atoms with Crippen molar-refractivity contribution in [3.05, 3.63) is 53.6 Å². The summed E-state index contributed by atoms with van der Waals surface area (Å²) in [5.74, 6) is -0.228. The lowest BCUT2D eigenvalue weighted by Crippen LogP contribution is -2.13. The maximum atomic E-state index is 14.6. The molecule has 3 rings (SSSR count). The van der Waals surface area contributed by atoms with Crippen molar-refractivity contribution < 1.29 is 13.5 Å². The van der Waals surface area contributed by atoms with Crippen molar-refractivity contribution in [2.45, 2.75) is 38.5 Å². The number of methoxy groups -OCH3 is 1. The zero-order chi connectivity index (χ0) is 16.4. The van der Waals surface area contributed by atoms with Gasteiger partial charge in [-0.1, -0.05) is 18.2 Å². The number of hydrogen-bond acceptors (Lipinski definition) is 1. The van der Waals surface area contributed by atoms with Gasteiger partial charge in [-0.05, 0) is 73.6 Å². The minimum absolute atomic E-state index is 0.109. The molecule has 122 valence electrons. The van der Waals surface area contributed by atoms with Crippen LogP contribution in [0.4, 0.5) is 8.78 Å². The van der Waals surface area contributed by atoms with E-state index in [4.69, 9.17) is 4.74 Å². The van der Waals surface area contributed by atoms with Crippen LogP contribution < -0.4 is 4.74 Å². The first-order chi connectivity index (χ1) is 11.1. The molecule has 0 saturated heterocycles. The van der Waals surface area contributed by atoms with Crippen LogP contribution in [-0.2, 0) is 0 Å². The molecule has 0 heterocycles. The van der Waals surface area contributed by atoms with Crippen molar-refractivity contribution in [3.8, 4) is 5.75 Å². The van der Waals surface area contributed by atoms with Gasteiger partial charge in [-0.25, -0.2) is 8.78 Å². The molecule has 1 fully saturated rings. The van der Waals surface area contributed by atoms with E-state index in [1.54, 1.807) is 18.2 Å². The van der Waals surface area contributed by atoms with Gasteiger partial charge < -0.3 is 4.74 Å². The Morgan fingerprint density at radius 3 is 2.43 bits per heavy atom. The number of fused-ring (bicyclic) bond motifs is 1. The predicted octanol–water partition coefficient (Wildman–Crippen LogP) is 5.98. The molecule has 0 atom stereocenters. The fourth-order valence-corrected chi connectivity index (χ4v) is 3.65. The highest BCUT2D eigenvalue weighted by molar-refractivity contribution is 5.85. The van der Waals surface area contributed by atoms with E-state index in [1.165, 1.54) is 7.11 Å². The SMILES string of the molecule is C/C=C/C1CCC(c2cc3ccc(OC)cc3c(F)c2F)CC1. The summed E-state index contributed by atoms with van der Waals surface area (Å²) in [6, 6.07) is 6.95. The van der Waals surface area contributed by atoms with Gasteiger partial charge in [0.25, 0.3) is 0 Å². The Balaban J connectivity index is 1.94. The van der Waals surface area contributed by atoms with Gasteiger partial charge in [0.1, 0.15) is 5.75 Å². The van der Waals surface area contributed by atoms with Crippen molar-refractivity contribution in [1.82, 2.24) is 0 Å². The third-order valence-electron chi connectivity index (χ3n) is 4.93. The van der Waals surface area contributed by atoms with Gasteiger partial charge in [0.05, 0.1) is 7.11 Å². The number of allylic oxidation sites excluding steroid dienone is 2. The molecular formula is C20H22F2O. The quantitative estimate of drug-likeness (QED) is 0.633. The molecule has 1 saturated carbocycles. The summed E-state index contributed by atoms with van der Waals surface area (Å²) >= 11 is 0. The van der Waals surface area contributed by atoms with Crippen LogP contribution in [0.25, 0.3) is 10.8 Å². The highest BCUT2D eigenvalue weighted by Gasteiger charge is 2.25. The number of ether oxygens (including phenoxy) is 1. The molecule has 1 aliphatic rings. The molecule has 0 aromatic heterocycles. The number of hydrogen-bond donors (Lipinski definition) is 0. The van der Waals surface area contributed by atoms with Gasteiger partial charge in [0.2, 0.25) is 0 Å². The summed E-state index contributed by atoms with van der Waals surface area (Å²) < 4.78 is 34.2. The Morgan fingerprint density at radius 2 is 1.78 bits per heavy atom. The van der Waals surface area contributed by atoms with E-state index in [0.717, 1.165) is 31.1 Å². The van der Waals surface area contributed by atoms with Crippen LogP contribution in [0.1, 0.15) is 44.1 Å². The predicted molar refractivity (Wildman–Crippen MR) is 89.9 cm³/mol. The van der Waals surface area contributed by atoms with Crippen LogP contribution in [0.3, 0.4) is 0 Å². The number of benzene rings is 2. The standard InChI is InChI=1S/C20H22F2O/c1-3-4-13-5-7-14(8-6-13)17-11-15-9-10-16(23-2)12-18(15)20(22)19(17)21/h3-4,9-14H,5-8H2,1-2H3/b4-3+. The second kappa shape index (κ2) is 6.69. The van der Waals surface area contributed by atoms with E-state index >= 15 is 0 Å². The van der Waals surface area contributed by atoms with Gasteiger partial charge in [-0.2, -0.15) is 0 Å². The second-order valence-electron chi connectivity index (χ2n) is 6.32. The summed E-state index contributed by atoms with van der Waals surface area (Å²) in [6.45, 7) is 2.03. The van der Waals surface area contributed by atoms with E-state index in [1.807, 2.05) is 13.0 Å². The minimum atomic E-state index is -0.757. The molecule has 0 bridgehead atoms. The molecule has 0 unspecified atom stereocenters. The first-order valence-corrected chi connectivity index (χ1v) is 8.22. The van der Waals surface area contributed by atoms with E-state index in [2.05, 4.69) is 12.2 Å². The summed E-state index contributed by atoms with van der Waals surface area (Å²) in [6.07, 6.45) is 8.20. The first kappa shape index (κ1) is 16.0. The molecule has 0 amide bonds. The van der Waals surface area contributed by atoms with Gasteiger partial charge in [0, 0.05) is 5.39 Å². The van der Waals surface area contributed by atoms with Crippen LogP contribution in [-0.4, -0.2) is 7.11 Å². The maximum absolute atomic E-state index is 14.6. The average molecular weight is 316 g/mol. The molecule has 1 aliphatic carbocycles. The molecule has 2 aromatic rings. The lowest BCUT2D eigenvalue weighted by atomic mass is 9.78. The van der Waals surface area contributed by atoms with Crippen molar-refractivity contribution in [3.63, 3.8) is 0 Å². The summed E-state index contributed by atoms with van der Waals surface area (Å²) in [4.78, 5) is 0. The number of rotatable bonds is 3. The van der Waals surface area contributed by atoms with Crippen molar-refractivity contribution >= 4 is 10.8 Å². The smallest absolute Gasteiger partial charge is 0.167 e. The van der Waals surface area contributed by atoms with Gasteiger partial charge in [-0.15, -0.1) is 0 Å². The third-order valence-corrected chi connectivity index (χ3v) is 4.93. The highest BCUT2D eigenvalue weighted by Crippen LogP contribution is 2.39. The summed E-state index contributed by atoms with van der Waals surface area (Å²) in [5, 5.41) is 1.02. The van der Waals surface area contributed by atoms with Crippen LogP contribution in [0, 0.1) is 17.6 Å². The van der Waals surface area contributed by atoms with Crippen molar-refractivity contribution in [2.24, 2.45) is 5.92 Å². The molecule has 3 heteroatoms. The van der Waals surface area contributed by atoms with E-state index in [-0.39, 0.29) is 11.3 Å². The average Bonchev–Trinajstić information content (AvgIpc) is 2.59. The highest BCUT2D eigenvalue weighted by atomic mass is 19.2. The Morgan fingerprint density at radius 1 is 1.04 bits per heavy atom. The minimum Gasteiger partial charge on any atom is -0.497 e. The van der Waals surface area contributed by atoms with Crippen molar-refractivity contribution in [2.75, 3.05) is 7.11 Å². The molecule has 0 radical (unpaired) electrons. The third kappa shape index (κ3) is 3.10. The molecule has 0 N–H and O–H groups in total. The first-order valence-electron chi connectivity index (χ1n) is 8.22. The van der Waals surface area contributed by atoms with E-state index < -0.39 is 11.6 Å². The monoisotopic (exact) mass is 316 g/mol. The topological polar surface area (TPSA) is 9.23 Å². The fraction of sp³-hybridized carbons (Fsp3) is 0.400. The number of halogens is 2. The van der Waals surface area contributed by atoms with Crippen LogP contribution in [0.15, 0.2) is 36.4 Å². The fourth-order valence-electron chi connectivity index (χ4n) is 3.65. The van der Waals surface area contributed by atoms with Crippen LogP contribution in [0.5, 0.6) is 5.75 Å². The van der Waals surface area contributed by atoms with Gasteiger partial charge >= 0.3 is 0 Å². The summed E-state index contributed by atoms with van der Waals surface area (Å²) in [5.41, 5.74) is 0.527. The Hall–Kier alpha value is -1.90. The Bertz CT molecular complexity index is 728. The molecule has 0 aliphatic heterocycles. The van der Waals surface area contributed by atoms with E-state index in [0.29, 0.717) is 17.2 Å².